The van der Waals surface area contributed by atoms with Crippen molar-refractivity contribution in [3.05, 3.63) is 65.3 Å². The summed E-state index contributed by atoms with van der Waals surface area (Å²) < 4.78 is 0. The van der Waals surface area contributed by atoms with E-state index in [2.05, 4.69) is 25.8 Å². The summed E-state index contributed by atoms with van der Waals surface area (Å²) >= 11 is 6.10. The summed E-state index contributed by atoms with van der Waals surface area (Å²) in [7, 11) is 0. The second-order valence-corrected chi connectivity index (χ2v) is 5.44. The van der Waals surface area contributed by atoms with Gasteiger partial charge in [0.05, 0.1) is 16.9 Å². The van der Waals surface area contributed by atoms with Gasteiger partial charge in [0, 0.05) is 11.3 Å². The van der Waals surface area contributed by atoms with E-state index in [9.17, 15) is 4.79 Å². The Labute approximate surface area is 143 Å². The molecule has 0 aliphatic heterocycles. The highest BCUT2D eigenvalue weighted by Crippen LogP contribution is 2.23. The third-order valence-electron chi connectivity index (χ3n) is 3.22. The molecule has 3 rings (SSSR count). The number of benzene rings is 2. The molecular weight excluding hydrogens is 326 g/mol. The van der Waals surface area contributed by atoms with Crippen LogP contribution in [0.3, 0.4) is 0 Å². The van der Waals surface area contributed by atoms with Crippen molar-refractivity contribution in [2.45, 2.75) is 6.92 Å². The molecule has 0 aliphatic rings. The maximum absolute atomic E-state index is 11.5. The first kappa shape index (κ1) is 15.9. The van der Waals surface area contributed by atoms with Gasteiger partial charge in [0.2, 0.25) is 5.95 Å². The van der Waals surface area contributed by atoms with Gasteiger partial charge in [-0.25, -0.2) is 0 Å². The molecule has 0 fully saturated rings. The molecule has 0 bridgehead atoms. The molecule has 7 heteroatoms. The number of anilines is 4. The van der Waals surface area contributed by atoms with Crippen molar-refractivity contribution in [2.75, 3.05) is 10.6 Å². The lowest BCUT2D eigenvalue weighted by Crippen LogP contribution is -2.03. The van der Waals surface area contributed by atoms with Crippen LogP contribution in [0.5, 0.6) is 0 Å². The maximum Gasteiger partial charge on any atom is 0.249 e. The van der Waals surface area contributed by atoms with Gasteiger partial charge in [0.25, 0.3) is 0 Å². The van der Waals surface area contributed by atoms with Gasteiger partial charge >= 0.3 is 0 Å². The van der Waals surface area contributed by atoms with E-state index >= 15 is 0 Å². The minimum atomic E-state index is 0.000498. The number of hydrogen-bond donors (Lipinski definition) is 2. The molecule has 24 heavy (non-hydrogen) atoms. The summed E-state index contributed by atoms with van der Waals surface area (Å²) in [4.78, 5) is 15.8. The first-order chi connectivity index (χ1) is 11.6. The van der Waals surface area contributed by atoms with Crippen LogP contribution in [0, 0.1) is 0 Å². The Kier molecular flexibility index (Phi) is 4.67. The van der Waals surface area contributed by atoms with Crippen LogP contribution in [-0.4, -0.2) is 21.0 Å². The highest BCUT2D eigenvalue weighted by Gasteiger charge is 2.05. The summed E-state index contributed by atoms with van der Waals surface area (Å²) in [6, 6.07) is 14.5. The van der Waals surface area contributed by atoms with Crippen LogP contribution in [0.4, 0.5) is 23.1 Å². The molecule has 2 N–H and O–H groups in total. The zero-order valence-electron chi connectivity index (χ0n) is 12.8. The summed E-state index contributed by atoms with van der Waals surface area (Å²) in [5, 5.41) is 14.5. The van der Waals surface area contributed by atoms with E-state index in [0.717, 1.165) is 5.69 Å². The molecule has 2 aromatic carbocycles. The van der Waals surface area contributed by atoms with E-state index in [1.54, 1.807) is 24.3 Å². The average molecular weight is 340 g/mol. The number of nitrogens with zero attached hydrogens (tertiary/aromatic N) is 3. The zero-order valence-corrected chi connectivity index (χ0v) is 13.6. The van der Waals surface area contributed by atoms with Crippen LogP contribution < -0.4 is 10.6 Å². The lowest BCUT2D eigenvalue weighted by molar-refractivity contribution is 0.101. The first-order valence-corrected chi connectivity index (χ1v) is 7.59. The molecule has 0 atom stereocenters. The first-order valence-electron chi connectivity index (χ1n) is 7.21. The third kappa shape index (κ3) is 3.85. The fourth-order valence-corrected chi connectivity index (χ4v) is 2.25. The minimum absolute atomic E-state index is 0.000498. The number of carbonyl (C=O) groups is 1. The number of ketones is 1. The Bertz CT molecular complexity index is 884. The molecule has 0 spiro atoms. The average Bonchev–Trinajstić information content (AvgIpc) is 2.57. The Balaban J connectivity index is 1.79. The Morgan fingerprint density at radius 2 is 1.92 bits per heavy atom. The molecule has 1 aromatic heterocycles. The Hall–Kier alpha value is -2.99. The van der Waals surface area contributed by atoms with Gasteiger partial charge in [-0.1, -0.05) is 35.9 Å². The van der Waals surface area contributed by atoms with Crippen molar-refractivity contribution in [1.29, 1.82) is 0 Å². The largest absolute Gasteiger partial charge is 0.339 e. The van der Waals surface area contributed by atoms with E-state index in [1.807, 2.05) is 24.3 Å². The van der Waals surface area contributed by atoms with E-state index in [1.165, 1.54) is 13.1 Å². The molecule has 0 aliphatic carbocycles. The third-order valence-corrected chi connectivity index (χ3v) is 3.55. The van der Waals surface area contributed by atoms with Gasteiger partial charge in [-0.05, 0) is 31.2 Å². The molecule has 6 nitrogen and oxygen atoms in total. The number of para-hydroxylation sites is 1. The zero-order chi connectivity index (χ0) is 16.9. The lowest BCUT2D eigenvalue weighted by Gasteiger charge is -2.09. The number of rotatable bonds is 5. The summed E-state index contributed by atoms with van der Waals surface area (Å²) in [5.74, 6) is 0.816. The fraction of sp³-hybridized carbons (Fsp3) is 0.0588. The van der Waals surface area contributed by atoms with Crippen LogP contribution in [0.2, 0.25) is 5.02 Å². The van der Waals surface area contributed by atoms with E-state index < -0.39 is 0 Å². The predicted molar refractivity (Wildman–Crippen MR) is 94.3 cm³/mol. The predicted octanol–water partition coefficient (Wildman–Crippen LogP) is 4.21. The molecule has 0 saturated heterocycles. The van der Waals surface area contributed by atoms with Crippen LogP contribution in [0.25, 0.3) is 0 Å². The molecule has 0 radical (unpaired) electrons. The highest BCUT2D eigenvalue weighted by atomic mass is 35.5. The quantitative estimate of drug-likeness (QED) is 0.678. The molecule has 0 amide bonds. The van der Waals surface area contributed by atoms with Gasteiger partial charge in [0.15, 0.2) is 11.6 Å². The van der Waals surface area contributed by atoms with Gasteiger partial charge in [-0.15, -0.1) is 5.10 Å². The van der Waals surface area contributed by atoms with Gasteiger partial charge in [0.1, 0.15) is 0 Å². The number of hydrogen-bond acceptors (Lipinski definition) is 6. The Morgan fingerprint density at radius 1 is 1.08 bits per heavy atom. The van der Waals surface area contributed by atoms with E-state index in [0.29, 0.717) is 28.0 Å². The highest BCUT2D eigenvalue weighted by molar-refractivity contribution is 6.33. The van der Waals surface area contributed by atoms with Crippen LogP contribution in [-0.2, 0) is 0 Å². The second kappa shape index (κ2) is 7.06. The number of Topliss-reactive ketones (excluding diaryl/α,β-unsaturated/α-hetero) is 1. The summed E-state index contributed by atoms with van der Waals surface area (Å²) in [6.07, 6.45) is 1.50. The van der Waals surface area contributed by atoms with E-state index in [-0.39, 0.29) is 5.78 Å². The van der Waals surface area contributed by atoms with Crippen LogP contribution in [0.1, 0.15) is 17.3 Å². The summed E-state index contributed by atoms with van der Waals surface area (Å²) in [6.45, 7) is 1.52. The molecule has 3 aromatic rings. The number of nitrogens with one attached hydrogen (secondary N) is 2. The molecule has 0 saturated carbocycles. The second-order valence-electron chi connectivity index (χ2n) is 5.03. The minimum Gasteiger partial charge on any atom is -0.339 e. The van der Waals surface area contributed by atoms with Crippen molar-refractivity contribution in [3.63, 3.8) is 0 Å². The standard InChI is InChI=1S/C17H14ClN5O/c1-11(24)12-5-4-6-13(9-12)20-16-10-19-23-17(22-16)21-15-8-3-2-7-14(15)18/h2-10H,1H3,(H2,20,21,22,23). The van der Waals surface area contributed by atoms with Gasteiger partial charge in [-0.3, -0.25) is 4.79 Å². The number of aromatic nitrogens is 3. The smallest absolute Gasteiger partial charge is 0.249 e. The molecular formula is C17H14ClN5O. The number of halogens is 1. The van der Waals surface area contributed by atoms with E-state index in [4.69, 9.17) is 11.6 Å². The van der Waals surface area contributed by atoms with Gasteiger partial charge in [-0.2, -0.15) is 10.1 Å². The monoisotopic (exact) mass is 339 g/mol. The topological polar surface area (TPSA) is 79.8 Å². The van der Waals surface area contributed by atoms with Crippen molar-refractivity contribution < 1.29 is 4.79 Å². The fourth-order valence-electron chi connectivity index (χ4n) is 2.06. The normalized spacial score (nSPS) is 10.2. The summed E-state index contributed by atoms with van der Waals surface area (Å²) in [5.41, 5.74) is 2.06. The van der Waals surface area contributed by atoms with Crippen LogP contribution >= 0.6 is 11.6 Å². The van der Waals surface area contributed by atoms with Crippen molar-refractivity contribution in [3.8, 4) is 0 Å². The molecule has 1 heterocycles. The lowest BCUT2D eigenvalue weighted by atomic mass is 10.1. The molecule has 0 unspecified atom stereocenters. The Morgan fingerprint density at radius 3 is 2.71 bits per heavy atom. The molecule has 120 valence electrons. The van der Waals surface area contributed by atoms with Gasteiger partial charge < -0.3 is 10.6 Å². The SMILES string of the molecule is CC(=O)c1cccc(Nc2cnnc(Nc3ccccc3Cl)n2)c1. The van der Waals surface area contributed by atoms with Crippen molar-refractivity contribution >= 4 is 40.5 Å². The van der Waals surface area contributed by atoms with Crippen molar-refractivity contribution in [2.24, 2.45) is 0 Å². The van der Waals surface area contributed by atoms with Crippen molar-refractivity contribution in [1.82, 2.24) is 15.2 Å². The van der Waals surface area contributed by atoms with Crippen LogP contribution in [0.15, 0.2) is 54.7 Å². The maximum atomic E-state index is 11.5. The number of carbonyl (C=O) groups excluding carboxylic acids is 1.